The summed E-state index contributed by atoms with van der Waals surface area (Å²) in [7, 11) is 0. The first kappa shape index (κ1) is 13.0. The third-order valence-electron chi connectivity index (χ3n) is 2.90. The summed E-state index contributed by atoms with van der Waals surface area (Å²) >= 11 is 0. The Kier molecular flexibility index (Phi) is 5.33. The van der Waals surface area contributed by atoms with Gasteiger partial charge in [0, 0.05) is 24.3 Å². The summed E-state index contributed by atoms with van der Waals surface area (Å²) in [4.78, 5) is 2.33. The van der Waals surface area contributed by atoms with Crippen molar-refractivity contribution in [2.75, 3.05) is 18.0 Å². The molecule has 0 aromatic heterocycles. The van der Waals surface area contributed by atoms with Crippen LogP contribution in [0.15, 0.2) is 24.3 Å². The van der Waals surface area contributed by atoms with E-state index < -0.39 is 0 Å². The number of hydrogen-bond donors (Lipinski definition) is 1. The number of rotatable bonds is 6. The van der Waals surface area contributed by atoms with E-state index in [0.717, 1.165) is 31.5 Å². The molecule has 1 rings (SSSR count). The molecule has 0 radical (unpaired) electrons. The summed E-state index contributed by atoms with van der Waals surface area (Å²) in [5.74, 6) is 0. The molecule has 0 aliphatic rings. The van der Waals surface area contributed by atoms with Gasteiger partial charge < -0.3 is 10.0 Å². The molecule has 90 valence electrons. The van der Waals surface area contributed by atoms with E-state index in [1.807, 2.05) is 25.1 Å². The third kappa shape index (κ3) is 2.99. The first-order chi connectivity index (χ1) is 7.74. The van der Waals surface area contributed by atoms with Crippen molar-refractivity contribution in [3.8, 4) is 0 Å². The van der Waals surface area contributed by atoms with Gasteiger partial charge in [-0.05, 0) is 25.8 Å². The highest BCUT2D eigenvalue weighted by atomic mass is 16.3. The maximum absolute atomic E-state index is 10.00. The number of nitrogens with zero attached hydrogens (tertiary/aromatic N) is 1. The van der Waals surface area contributed by atoms with E-state index in [1.54, 1.807) is 0 Å². The van der Waals surface area contributed by atoms with Gasteiger partial charge in [-0.15, -0.1) is 0 Å². The van der Waals surface area contributed by atoms with Crippen molar-refractivity contribution in [2.24, 2.45) is 0 Å². The van der Waals surface area contributed by atoms with Crippen LogP contribution in [-0.4, -0.2) is 18.2 Å². The molecule has 1 unspecified atom stereocenters. The molecule has 2 nitrogen and oxygen atoms in total. The molecule has 0 heterocycles. The van der Waals surface area contributed by atoms with Crippen LogP contribution >= 0.6 is 0 Å². The standard InChI is InChI=1S/C14H23NO/c1-4-11-15(6-3)13-10-8-7-9-12(13)14(16)5-2/h7-10,14,16H,4-6,11H2,1-3H3. The van der Waals surface area contributed by atoms with Crippen molar-refractivity contribution in [2.45, 2.75) is 39.7 Å². The summed E-state index contributed by atoms with van der Waals surface area (Å²) in [5.41, 5.74) is 2.24. The van der Waals surface area contributed by atoms with Crippen molar-refractivity contribution >= 4 is 5.69 Å². The highest BCUT2D eigenvalue weighted by Gasteiger charge is 2.13. The van der Waals surface area contributed by atoms with Crippen molar-refractivity contribution in [3.05, 3.63) is 29.8 Å². The Morgan fingerprint density at radius 2 is 1.88 bits per heavy atom. The monoisotopic (exact) mass is 221 g/mol. The Hall–Kier alpha value is -1.02. The zero-order valence-corrected chi connectivity index (χ0v) is 10.6. The molecule has 16 heavy (non-hydrogen) atoms. The lowest BCUT2D eigenvalue weighted by atomic mass is 10.0. The summed E-state index contributed by atoms with van der Waals surface area (Å²) in [6.07, 6.45) is 1.55. The molecule has 0 aliphatic heterocycles. The van der Waals surface area contributed by atoms with Gasteiger partial charge >= 0.3 is 0 Å². The van der Waals surface area contributed by atoms with Crippen LogP contribution in [0.2, 0.25) is 0 Å². The van der Waals surface area contributed by atoms with Crippen LogP contribution in [0.25, 0.3) is 0 Å². The zero-order chi connectivity index (χ0) is 12.0. The fourth-order valence-electron chi connectivity index (χ4n) is 2.00. The minimum Gasteiger partial charge on any atom is -0.388 e. The quantitative estimate of drug-likeness (QED) is 0.796. The number of benzene rings is 1. The molecule has 2 heteroatoms. The Bertz CT molecular complexity index is 311. The molecule has 0 fully saturated rings. The fraction of sp³-hybridized carbons (Fsp3) is 0.571. The van der Waals surface area contributed by atoms with Gasteiger partial charge in [0.1, 0.15) is 0 Å². The number of hydrogen-bond acceptors (Lipinski definition) is 2. The second kappa shape index (κ2) is 6.54. The highest BCUT2D eigenvalue weighted by Crippen LogP contribution is 2.28. The van der Waals surface area contributed by atoms with Gasteiger partial charge in [0.2, 0.25) is 0 Å². The van der Waals surface area contributed by atoms with Crippen LogP contribution in [0.1, 0.15) is 45.3 Å². The van der Waals surface area contributed by atoms with E-state index in [1.165, 1.54) is 5.69 Å². The maximum atomic E-state index is 10.00. The van der Waals surface area contributed by atoms with E-state index in [2.05, 4.69) is 24.8 Å². The largest absolute Gasteiger partial charge is 0.388 e. The average Bonchev–Trinajstić information content (AvgIpc) is 2.35. The molecule has 0 amide bonds. The third-order valence-corrected chi connectivity index (χ3v) is 2.90. The van der Waals surface area contributed by atoms with Gasteiger partial charge in [-0.3, -0.25) is 0 Å². The molecule has 1 aromatic rings. The van der Waals surface area contributed by atoms with E-state index in [4.69, 9.17) is 0 Å². The predicted octanol–water partition coefficient (Wildman–Crippen LogP) is 3.37. The second-order valence-corrected chi connectivity index (χ2v) is 4.06. The number of anilines is 1. The summed E-state index contributed by atoms with van der Waals surface area (Å²) < 4.78 is 0. The molecule has 0 bridgehead atoms. The number of aliphatic hydroxyl groups is 1. The molecular formula is C14H23NO. The van der Waals surface area contributed by atoms with Gasteiger partial charge in [0.15, 0.2) is 0 Å². The zero-order valence-electron chi connectivity index (χ0n) is 10.6. The average molecular weight is 221 g/mol. The van der Waals surface area contributed by atoms with Crippen molar-refractivity contribution in [1.29, 1.82) is 0 Å². The van der Waals surface area contributed by atoms with Crippen LogP contribution in [0.3, 0.4) is 0 Å². The molecule has 0 aliphatic carbocycles. The topological polar surface area (TPSA) is 23.5 Å². The SMILES string of the molecule is CCCN(CC)c1ccccc1C(O)CC. The Labute approximate surface area is 98.9 Å². The van der Waals surface area contributed by atoms with Crippen LogP contribution in [0, 0.1) is 0 Å². The lowest BCUT2D eigenvalue weighted by molar-refractivity contribution is 0.174. The van der Waals surface area contributed by atoms with Crippen LogP contribution < -0.4 is 4.90 Å². The van der Waals surface area contributed by atoms with E-state index in [9.17, 15) is 5.11 Å². The maximum Gasteiger partial charge on any atom is 0.0807 e. The summed E-state index contributed by atoms with van der Waals surface area (Å²) in [6, 6.07) is 8.17. The molecule has 1 N–H and O–H groups in total. The Balaban J connectivity index is 3.00. The summed E-state index contributed by atoms with van der Waals surface area (Å²) in [5, 5.41) is 10.00. The Morgan fingerprint density at radius 1 is 1.19 bits per heavy atom. The van der Waals surface area contributed by atoms with E-state index >= 15 is 0 Å². The first-order valence-electron chi connectivity index (χ1n) is 6.26. The van der Waals surface area contributed by atoms with E-state index in [-0.39, 0.29) is 6.10 Å². The van der Waals surface area contributed by atoms with E-state index in [0.29, 0.717) is 0 Å². The Morgan fingerprint density at radius 3 is 2.44 bits per heavy atom. The molecule has 0 saturated carbocycles. The molecule has 1 atom stereocenters. The lowest BCUT2D eigenvalue weighted by Gasteiger charge is -2.26. The summed E-state index contributed by atoms with van der Waals surface area (Å²) in [6.45, 7) is 8.38. The second-order valence-electron chi connectivity index (χ2n) is 4.06. The van der Waals surface area contributed by atoms with Gasteiger partial charge in [0.25, 0.3) is 0 Å². The molecule has 0 saturated heterocycles. The normalized spacial score (nSPS) is 12.5. The van der Waals surface area contributed by atoms with Crippen molar-refractivity contribution < 1.29 is 5.11 Å². The highest BCUT2D eigenvalue weighted by molar-refractivity contribution is 5.54. The minimum atomic E-state index is -0.345. The van der Waals surface area contributed by atoms with Gasteiger partial charge in [-0.2, -0.15) is 0 Å². The first-order valence-corrected chi connectivity index (χ1v) is 6.26. The fourth-order valence-corrected chi connectivity index (χ4v) is 2.00. The number of para-hydroxylation sites is 1. The van der Waals surface area contributed by atoms with Crippen molar-refractivity contribution in [3.63, 3.8) is 0 Å². The van der Waals surface area contributed by atoms with Crippen LogP contribution in [0.5, 0.6) is 0 Å². The molecular weight excluding hydrogens is 198 g/mol. The number of aliphatic hydroxyl groups excluding tert-OH is 1. The minimum absolute atomic E-state index is 0.345. The molecule has 1 aromatic carbocycles. The van der Waals surface area contributed by atoms with Crippen LogP contribution in [-0.2, 0) is 0 Å². The van der Waals surface area contributed by atoms with Crippen molar-refractivity contribution in [1.82, 2.24) is 0 Å². The van der Waals surface area contributed by atoms with Crippen LogP contribution in [0.4, 0.5) is 5.69 Å². The van der Waals surface area contributed by atoms with Gasteiger partial charge in [-0.25, -0.2) is 0 Å². The molecule has 0 spiro atoms. The van der Waals surface area contributed by atoms with Gasteiger partial charge in [-0.1, -0.05) is 32.0 Å². The smallest absolute Gasteiger partial charge is 0.0807 e. The predicted molar refractivity (Wildman–Crippen MR) is 69.9 cm³/mol. The van der Waals surface area contributed by atoms with Gasteiger partial charge in [0.05, 0.1) is 6.10 Å². The lowest BCUT2D eigenvalue weighted by Crippen LogP contribution is -2.25.